The first-order valence-electron chi connectivity index (χ1n) is 7.20. The van der Waals surface area contributed by atoms with Crippen molar-refractivity contribution in [1.29, 1.82) is 0 Å². The highest BCUT2D eigenvalue weighted by Gasteiger charge is 2.19. The molecule has 0 bridgehead atoms. The Morgan fingerprint density at radius 1 is 1.45 bits per heavy atom. The average molecular weight is 316 g/mol. The van der Waals surface area contributed by atoms with E-state index in [1.807, 2.05) is 39.9 Å². The number of imidazole rings is 2. The van der Waals surface area contributed by atoms with Crippen molar-refractivity contribution in [3.63, 3.8) is 0 Å². The van der Waals surface area contributed by atoms with Gasteiger partial charge in [-0.25, -0.2) is 9.97 Å². The Morgan fingerprint density at radius 2 is 2.36 bits per heavy atom. The summed E-state index contributed by atoms with van der Waals surface area (Å²) in [5.41, 5.74) is 1.32. The lowest BCUT2D eigenvalue weighted by Gasteiger charge is -2.13. The van der Waals surface area contributed by atoms with Crippen LogP contribution in [-0.2, 0) is 13.1 Å². The third-order valence-electron chi connectivity index (χ3n) is 3.81. The summed E-state index contributed by atoms with van der Waals surface area (Å²) in [4.78, 5) is 22.2. The summed E-state index contributed by atoms with van der Waals surface area (Å²) < 4.78 is 3.99. The normalized spacial score (nSPS) is 15.7. The molecule has 0 spiro atoms. The van der Waals surface area contributed by atoms with Gasteiger partial charge >= 0.3 is 0 Å². The Balaban J connectivity index is 1.51. The maximum atomic E-state index is 12.4. The van der Waals surface area contributed by atoms with Crippen molar-refractivity contribution in [1.82, 2.24) is 29.6 Å². The van der Waals surface area contributed by atoms with Gasteiger partial charge in [0.2, 0.25) is 0 Å². The molecule has 4 heterocycles. The van der Waals surface area contributed by atoms with Gasteiger partial charge in [0.05, 0.1) is 18.3 Å². The average Bonchev–Trinajstić information content (AvgIpc) is 3.20. The molecule has 0 saturated carbocycles. The van der Waals surface area contributed by atoms with Crippen LogP contribution in [0.1, 0.15) is 35.0 Å². The molecule has 22 heavy (non-hydrogen) atoms. The van der Waals surface area contributed by atoms with Gasteiger partial charge in [-0.2, -0.15) is 0 Å². The number of rotatable bonds is 3. The smallest absolute Gasteiger partial charge is 0.272 e. The number of thiazole rings is 1. The fourth-order valence-corrected chi connectivity index (χ4v) is 3.30. The molecule has 1 atom stereocenters. The zero-order valence-electron chi connectivity index (χ0n) is 12.1. The SMILES string of the molecule is CC(NC(=O)c1cn2c(n1)CNCC2)c1cn2ccsc2n1. The van der Waals surface area contributed by atoms with Crippen LogP contribution in [0.25, 0.3) is 4.96 Å². The van der Waals surface area contributed by atoms with Crippen LogP contribution in [0, 0.1) is 0 Å². The minimum Gasteiger partial charge on any atom is -0.342 e. The van der Waals surface area contributed by atoms with E-state index in [1.54, 1.807) is 11.3 Å². The molecular weight excluding hydrogens is 300 g/mol. The summed E-state index contributed by atoms with van der Waals surface area (Å²) in [6, 6.07) is -0.156. The number of fused-ring (bicyclic) bond motifs is 2. The standard InChI is InChI=1S/C14H16N6OS/c1-9(10-7-20-4-5-22-14(20)18-10)16-13(21)11-8-19-3-2-15-6-12(19)17-11/h4-5,7-9,15H,2-3,6H2,1H3,(H,16,21). The lowest BCUT2D eigenvalue weighted by Crippen LogP contribution is -2.27. The van der Waals surface area contributed by atoms with Crippen LogP contribution in [0.3, 0.4) is 0 Å². The van der Waals surface area contributed by atoms with Crippen molar-refractivity contribution in [2.24, 2.45) is 0 Å². The predicted octanol–water partition coefficient (Wildman–Crippen LogP) is 1.19. The van der Waals surface area contributed by atoms with Crippen LogP contribution in [0.2, 0.25) is 0 Å². The van der Waals surface area contributed by atoms with Crippen LogP contribution in [0.15, 0.2) is 24.0 Å². The molecule has 7 nitrogen and oxygen atoms in total. The highest BCUT2D eigenvalue weighted by molar-refractivity contribution is 7.15. The zero-order chi connectivity index (χ0) is 15.1. The third kappa shape index (κ3) is 2.30. The number of carbonyl (C=O) groups is 1. The number of aromatic nitrogens is 4. The number of carbonyl (C=O) groups excluding carboxylic acids is 1. The van der Waals surface area contributed by atoms with Crippen LogP contribution in [0.5, 0.6) is 0 Å². The maximum Gasteiger partial charge on any atom is 0.272 e. The van der Waals surface area contributed by atoms with E-state index in [4.69, 9.17) is 0 Å². The van der Waals surface area contributed by atoms with Crippen molar-refractivity contribution >= 4 is 22.2 Å². The first kappa shape index (κ1) is 13.5. The number of nitrogens with one attached hydrogen (secondary N) is 2. The van der Waals surface area contributed by atoms with Gasteiger partial charge in [0.25, 0.3) is 5.91 Å². The van der Waals surface area contributed by atoms with Crippen LogP contribution >= 0.6 is 11.3 Å². The molecule has 114 valence electrons. The van der Waals surface area contributed by atoms with E-state index in [9.17, 15) is 4.79 Å². The maximum absolute atomic E-state index is 12.4. The molecule has 4 rings (SSSR count). The van der Waals surface area contributed by atoms with Gasteiger partial charge < -0.3 is 15.2 Å². The van der Waals surface area contributed by atoms with Gasteiger partial charge in [-0.05, 0) is 6.92 Å². The van der Waals surface area contributed by atoms with Crippen molar-refractivity contribution in [3.8, 4) is 0 Å². The molecule has 2 N–H and O–H groups in total. The molecule has 3 aromatic rings. The molecule has 1 amide bonds. The fourth-order valence-electron chi connectivity index (χ4n) is 2.60. The molecule has 8 heteroatoms. The third-order valence-corrected chi connectivity index (χ3v) is 4.58. The van der Waals surface area contributed by atoms with E-state index in [0.29, 0.717) is 12.2 Å². The lowest BCUT2D eigenvalue weighted by atomic mass is 10.2. The second kappa shape index (κ2) is 5.22. The number of hydrogen-bond acceptors (Lipinski definition) is 5. The molecule has 0 aliphatic carbocycles. The first-order chi connectivity index (χ1) is 10.7. The van der Waals surface area contributed by atoms with E-state index in [2.05, 4.69) is 20.6 Å². The van der Waals surface area contributed by atoms with E-state index in [1.165, 1.54) is 0 Å². The van der Waals surface area contributed by atoms with E-state index < -0.39 is 0 Å². The summed E-state index contributed by atoms with van der Waals surface area (Å²) in [5.74, 6) is 0.748. The Bertz CT molecular complexity index is 779. The Hall–Kier alpha value is -2.19. The fraction of sp³-hybridized carbons (Fsp3) is 0.357. The molecule has 0 fully saturated rings. The van der Waals surface area contributed by atoms with Gasteiger partial charge in [-0.15, -0.1) is 11.3 Å². The van der Waals surface area contributed by atoms with Gasteiger partial charge in [0.1, 0.15) is 11.5 Å². The number of nitrogens with zero attached hydrogens (tertiary/aromatic N) is 4. The minimum absolute atomic E-state index is 0.156. The summed E-state index contributed by atoms with van der Waals surface area (Å²) in [6.07, 6.45) is 5.73. The quantitative estimate of drug-likeness (QED) is 0.761. The van der Waals surface area contributed by atoms with Crippen molar-refractivity contribution < 1.29 is 4.79 Å². The summed E-state index contributed by atoms with van der Waals surface area (Å²) in [6.45, 7) is 4.40. The van der Waals surface area contributed by atoms with Crippen molar-refractivity contribution in [3.05, 3.63) is 41.2 Å². The molecule has 0 aromatic carbocycles. The first-order valence-corrected chi connectivity index (χ1v) is 8.08. The van der Waals surface area contributed by atoms with Crippen LogP contribution in [0.4, 0.5) is 0 Å². The van der Waals surface area contributed by atoms with Crippen molar-refractivity contribution in [2.45, 2.75) is 26.1 Å². The van der Waals surface area contributed by atoms with Gasteiger partial charge in [-0.1, -0.05) is 0 Å². The second-order valence-corrected chi connectivity index (χ2v) is 6.24. The topological polar surface area (TPSA) is 76.2 Å². The van der Waals surface area contributed by atoms with Crippen molar-refractivity contribution in [2.75, 3.05) is 6.54 Å². The van der Waals surface area contributed by atoms with E-state index in [-0.39, 0.29) is 11.9 Å². The van der Waals surface area contributed by atoms with Gasteiger partial charge in [0.15, 0.2) is 4.96 Å². The monoisotopic (exact) mass is 316 g/mol. The molecule has 0 saturated heterocycles. The summed E-state index contributed by atoms with van der Waals surface area (Å²) in [5, 5.41) is 8.20. The van der Waals surface area contributed by atoms with E-state index in [0.717, 1.165) is 29.6 Å². The van der Waals surface area contributed by atoms with Crippen LogP contribution in [-0.4, -0.2) is 31.4 Å². The molecule has 1 unspecified atom stereocenters. The highest BCUT2D eigenvalue weighted by Crippen LogP contribution is 2.17. The van der Waals surface area contributed by atoms with Gasteiger partial charge in [0, 0.05) is 37.1 Å². The van der Waals surface area contributed by atoms with Crippen LogP contribution < -0.4 is 10.6 Å². The van der Waals surface area contributed by atoms with E-state index >= 15 is 0 Å². The predicted molar refractivity (Wildman–Crippen MR) is 82.9 cm³/mol. The Kier molecular flexibility index (Phi) is 3.20. The molecular formula is C14H16N6OS. The Labute approximate surface area is 131 Å². The minimum atomic E-state index is -0.161. The molecule has 1 aliphatic heterocycles. The largest absolute Gasteiger partial charge is 0.342 e. The number of amides is 1. The lowest BCUT2D eigenvalue weighted by molar-refractivity contribution is 0.0934. The molecule has 3 aromatic heterocycles. The highest BCUT2D eigenvalue weighted by atomic mass is 32.1. The van der Waals surface area contributed by atoms with Gasteiger partial charge in [-0.3, -0.25) is 9.20 Å². The molecule has 1 aliphatic rings. The Morgan fingerprint density at radius 3 is 3.18 bits per heavy atom. The molecule has 0 radical (unpaired) electrons. The summed E-state index contributed by atoms with van der Waals surface area (Å²) >= 11 is 1.58. The zero-order valence-corrected chi connectivity index (χ0v) is 12.9. The summed E-state index contributed by atoms with van der Waals surface area (Å²) in [7, 11) is 0. The number of hydrogen-bond donors (Lipinski definition) is 2. The second-order valence-electron chi connectivity index (χ2n) is 5.37.